The van der Waals surface area contributed by atoms with Crippen molar-refractivity contribution in [3.63, 3.8) is 0 Å². The first-order valence-electron chi connectivity index (χ1n) is 14.3. The van der Waals surface area contributed by atoms with E-state index in [9.17, 15) is 14.4 Å². The second kappa shape index (κ2) is 10.1. The van der Waals surface area contributed by atoms with Crippen LogP contribution in [-0.4, -0.2) is 65.0 Å². The summed E-state index contributed by atoms with van der Waals surface area (Å²) in [6.07, 6.45) is 9.03. The number of aromatic nitrogens is 2. The summed E-state index contributed by atoms with van der Waals surface area (Å²) < 4.78 is 1.44. The molecular formula is C29H40N6O3. The highest BCUT2D eigenvalue weighted by Crippen LogP contribution is 2.55. The van der Waals surface area contributed by atoms with Gasteiger partial charge in [-0.1, -0.05) is 6.07 Å². The Kier molecular flexibility index (Phi) is 6.76. The van der Waals surface area contributed by atoms with E-state index < -0.39 is 11.9 Å². The van der Waals surface area contributed by atoms with Crippen LogP contribution >= 0.6 is 0 Å². The largest absolute Gasteiger partial charge is 0.383 e. The predicted molar refractivity (Wildman–Crippen MR) is 147 cm³/mol. The minimum Gasteiger partial charge on any atom is -0.383 e. The van der Waals surface area contributed by atoms with Crippen LogP contribution in [0.3, 0.4) is 0 Å². The molecule has 5 fully saturated rings. The summed E-state index contributed by atoms with van der Waals surface area (Å²) in [7, 11) is 2.15. The first-order valence-corrected chi connectivity index (χ1v) is 14.3. The number of piperidine rings is 1. The number of hydrogen-bond donors (Lipinski definition) is 3. The molecule has 1 aromatic carbocycles. The fourth-order valence-corrected chi connectivity index (χ4v) is 8.13. The molecule has 1 aliphatic heterocycles. The molecule has 9 heteroatoms. The van der Waals surface area contributed by atoms with Gasteiger partial charge in [-0.3, -0.25) is 24.3 Å². The SMILES string of the molecule is Cc1nc2cccc(NCCN(C)CCNC34CC5CC(CC(C5)C3)C4)c2c(=O)n1C1CCC(=O)NC1=O. The summed E-state index contributed by atoms with van der Waals surface area (Å²) in [6.45, 7) is 5.27. The number of nitrogens with zero attached hydrogens (tertiary/aromatic N) is 3. The van der Waals surface area contributed by atoms with E-state index >= 15 is 0 Å². The number of fused-ring (bicyclic) bond motifs is 1. The van der Waals surface area contributed by atoms with Crippen LogP contribution in [-0.2, 0) is 9.59 Å². The highest BCUT2D eigenvalue weighted by Gasteiger charge is 2.50. The number of nitrogens with one attached hydrogen (secondary N) is 3. The highest BCUT2D eigenvalue weighted by molar-refractivity contribution is 5.99. The zero-order valence-corrected chi connectivity index (χ0v) is 22.6. The van der Waals surface area contributed by atoms with Crippen LogP contribution in [0.4, 0.5) is 5.69 Å². The van der Waals surface area contributed by atoms with Gasteiger partial charge in [0.05, 0.1) is 10.9 Å². The molecule has 1 saturated heterocycles. The van der Waals surface area contributed by atoms with E-state index in [1.165, 1.54) is 43.1 Å². The molecule has 2 amide bonds. The van der Waals surface area contributed by atoms with Gasteiger partial charge >= 0.3 is 0 Å². The lowest BCUT2D eigenvalue weighted by atomic mass is 9.53. The summed E-state index contributed by atoms with van der Waals surface area (Å²) in [4.78, 5) is 44.7. The maximum atomic E-state index is 13.6. The van der Waals surface area contributed by atoms with Crippen molar-refractivity contribution < 1.29 is 9.59 Å². The molecular weight excluding hydrogens is 480 g/mol. The van der Waals surface area contributed by atoms with Crippen LogP contribution in [0.15, 0.2) is 23.0 Å². The number of imide groups is 1. The molecule has 0 radical (unpaired) electrons. The van der Waals surface area contributed by atoms with Crippen LogP contribution in [0, 0.1) is 24.7 Å². The van der Waals surface area contributed by atoms with Crippen molar-refractivity contribution in [1.29, 1.82) is 0 Å². The fourth-order valence-electron chi connectivity index (χ4n) is 8.13. The average Bonchev–Trinajstić information content (AvgIpc) is 2.84. The molecule has 1 atom stereocenters. The molecule has 38 heavy (non-hydrogen) atoms. The molecule has 2 aromatic rings. The number of carbonyl (C=O) groups excluding carboxylic acids is 2. The maximum Gasteiger partial charge on any atom is 0.264 e. The number of likely N-dealkylation sites (N-methyl/N-ethyl adjacent to an activating group) is 1. The van der Waals surface area contributed by atoms with Gasteiger partial charge < -0.3 is 15.5 Å². The van der Waals surface area contributed by atoms with Gasteiger partial charge in [0, 0.05) is 43.8 Å². The van der Waals surface area contributed by atoms with E-state index in [0.29, 0.717) is 35.2 Å². The van der Waals surface area contributed by atoms with Gasteiger partial charge in [-0.2, -0.15) is 0 Å². The summed E-state index contributed by atoms with van der Waals surface area (Å²) in [5.41, 5.74) is 1.47. The molecule has 3 N–H and O–H groups in total. The Labute approximate surface area is 223 Å². The third kappa shape index (κ3) is 4.86. The molecule has 7 rings (SSSR count). The Morgan fingerprint density at radius 2 is 1.74 bits per heavy atom. The number of rotatable bonds is 9. The van der Waals surface area contributed by atoms with E-state index in [2.05, 4.69) is 32.9 Å². The fraction of sp³-hybridized carbons (Fsp3) is 0.655. The van der Waals surface area contributed by atoms with Crippen LogP contribution in [0.1, 0.15) is 63.2 Å². The number of carbonyl (C=O) groups is 2. The maximum absolute atomic E-state index is 13.6. The van der Waals surface area contributed by atoms with E-state index in [4.69, 9.17) is 0 Å². The zero-order valence-electron chi connectivity index (χ0n) is 22.6. The molecule has 0 spiro atoms. The number of amides is 2. The summed E-state index contributed by atoms with van der Waals surface area (Å²) >= 11 is 0. The van der Waals surface area contributed by atoms with Crippen molar-refractivity contribution in [2.75, 3.05) is 38.5 Å². The van der Waals surface area contributed by atoms with Crippen LogP contribution in [0.5, 0.6) is 0 Å². The first-order chi connectivity index (χ1) is 18.3. The second-order valence-corrected chi connectivity index (χ2v) is 12.4. The minimum absolute atomic E-state index is 0.213. The lowest BCUT2D eigenvalue weighted by molar-refractivity contribution is -0.135. The minimum atomic E-state index is -0.724. The van der Waals surface area contributed by atoms with Gasteiger partial charge in [-0.15, -0.1) is 0 Å². The summed E-state index contributed by atoms with van der Waals surface area (Å²) in [5, 5.41) is 10.3. The Balaban J connectivity index is 1.07. The topological polar surface area (TPSA) is 108 Å². The monoisotopic (exact) mass is 520 g/mol. The second-order valence-electron chi connectivity index (χ2n) is 12.4. The van der Waals surface area contributed by atoms with Crippen molar-refractivity contribution in [2.45, 2.75) is 69.9 Å². The van der Waals surface area contributed by atoms with Gasteiger partial charge in [0.15, 0.2) is 0 Å². The number of aryl methyl sites for hydroxylation is 1. The van der Waals surface area contributed by atoms with Crippen LogP contribution in [0.2, 0.25) is 0 Å². The molecule has 9 nitrogen and oxygen atoms in total. The third-order valence-corrected chi connectivity index (χ3v) is 9.47. The van der Waals surface area contributed by atoms with E-state index in [1.807, 2.05) is 18.2 Å². The summed E-state index contributed by atoms with van der Waals surface area (Å²) in [6, 6.07) is 4.89. The molecule has 1 aromatic heterocycles. The number of hydrogen-bond acceptors (Lipinski definition) is 7. The quantitative estimate of drug-likeness (QED) is 0.436. The van der Waals surface area contributed by atoms with Crippen molar-refractivity contribution in [3.8, 4) is 0 Å². The van der Waals surface area contributed by atoms with Crippen LogP contribution in [0.25, 0.3) is 10.9 Å². The zero-order chi connectivity index (χ0) is 26.4. The Bertz CT molecular complexity index is 1270. The van der Waals surface area contributed by atoms with Crippen molar-refractivity contribution in [2.24, 2.45) is 17.8 Å². The smallest absolute Gasteiger partial charge is 0.264 e. The highest BCUT2D eigenvalue weighted by atomic mass is 16.2. The number of benzene rings is 1. The molecule has 5 aliphatic rings. The van der Waals surface area contributed by atoms with E-state index in [1.54, 1.807) is 6.92 Å². The van der Waals surface area contributed by atoms with Crippen LogP contribution < -0.4 is 21.5 Å². The van der Waals surface area contributed by atoms with E-state index in [0.717, 1.165) is 43.1 Å². The van der Waals surface area contributed by atoms with Gasteiger partial charge in [0.2, 0.25) is 11.8 Å². The molecule has 4 bridgehead atoms. The van der Waals surface area contributed by atoms with Gasteiger partial charge in [0.25, 0.3) is 5.56 Å². The van der Waals surface area contributed by atoms with Crippen molar-refractivity contribution in [1.82, 2.24) is 25.1 Å². The molecule has 4 aliphatic carbocycles. The third-order valence-electron chi connectivity index (χ3n) is 9.47. The Morgan fingerprint density at radius 3 is 2.42 bits per heavy atom. The van der Waals surface area contributed by atoms with E-state index in [-0.39, 0.29) is 17.9 Å². The molecule has 2 heterocycles. The van der Waals surface area contributed by atoms with Gasteiger partial charge in [-0.05, 0) is 88.8 Å². The van der Waals surface area contributed by atoms with Crippen molar-refractivity contribution >= 4 is 28.4 Å². The van der Waals surface area contributed by atoms with Gasteiger partial charge in [-0.25, -0.2) is 4.98 Å². The van der Waals surface area contributed by atoms with Gasteiger partial charge in [0.1, 0.15) is 11.9 Å². The summed E-state index contributed by atoms with van der Waals surface area (Å²) in [5.74, 6) is 2.59. The Hall–Kier alpha value is -2.78. The lowest BCUT2D eigenvalue weighted by Gasteiger charge is -2.57. The molecule has 4 saturated carbocycles. The van der Waals surface area contributed by atoms with Crippen molar-refractivity contribution in [3.05, 3.63) is 34.4 Å². The average molecular weight is 521 g/mol. The lowest BCUT2D eigenvalue weighted by Crippen LogP contribution is -2.59. The standard InChI is InChI=1S/C29H40N6O3/c1-18-32-23-5-3-4-22(26(23)28(38)35(18)24-6-7-25(36)33-27(24)37)30-8-10-34(2)11-9-31-29-15-19-12-20(16-29)14-21(13-19)17-29/h3-5,19-21,24,30-31H,6-17H2,1-2H3,(H,33,36,37). The first kappa shape index (κ1) is 25.5. The molecule has 204 valence electrons. The Morgan fingerprint density at radius 1 is 1.05 bits per heavy atom. The molecule has 1 unspecified atom stereocenters. The predicted octanol–water partition coefficient (Wildman–Crippen LogP) is 2.58. The number of anilines is 1. The normalized spacial score (nSPS) is 30.3.